The molecule has 1 aliphatic heterocycles. The third kappa shape index (κ3) is 1.21. The Labute approximate surface area is 67.3 Å². The van der Waals surface area contributed by atoms with Crippen LogP contribution in [-0.4, -0.2) is 45.2 Å². The second-order valence-electron chi connectivity index (χ2n) is 2.31. The van der Waals surface area contributed by atoms with Crippen molar-refractivity contribution in [3.05, 3.63) is 11.5 Å². The summed E-state index contributed by atoms with van der Waals surface area (Å²) < 4.78 is 4.32. The molecule has 1 aliphatic rings. The standard InChI is InChI=1S/C6H8O6/c7-1-2(8)5-3(9)4(10)6(11)12-5/h2,5,7-10H,1H2/t2-,5+/m0/s1/i6+1. The Kier molecular flexibility index (Phi) is 2.20. The average molecular weight is 177 g/mol. The third-order valence-corrected chi connectivity index (χ3v) is 1.48. The van der Waals surface area contributed by atoms with Gasteiger partial charge in [-0.05, 0) is 0 Å². The lowest BCUT2D eigenvalue weighted by molar-refractivity contribution is -0.147. The normalized spacial score (nSPS) is 25.8. The molecule has 0 fully saturated rings. The molecule has 6 heteroatoms. The number of aliphatic hydroxyl groups is 4. The maximum Gasteiger partial charge on any atom is 0.377 e. The van der Waals surface area contributed by atoms with Crippen molar-refractivity contribution in [2.45, 2.75) is 12.2 Å². The Balaban J connectivity index is 2.80. The van der Waals surface area contributed by atoms with Crippen molar-refractivity contribution in [1.29, 1.82) is 0 Å². The van der Waals surface area contributed by atoms with E-state index in [4.69, 9.17) is 20.4 Å². The number of carbonyl (C=O) groups excluding carboxylic acids is 1. The van der Waals surface area contributed by atoms with E-state index in [9.17, 15) is 4.79 Å². The molecule has 1 rings (SSSR count). The highest BCUT2D eigenvalue weighted by Gasteiger charge is 2.38. The lowest BCUT2D eigenvalue weighted by atomic mass is 10.2. The van der Waals surface area contributed by atoms with E-state index >= 15 is 0 Å². The van der Waals surface area contributed by atoms with E-state index in [1.54, 1.807) is 0 Å². The van der Waals surface area contributed by atoms with Gasteiger partial charge in [-0.3, -0.25) is 0 Å². The summed E-state index contributed by atoms with van der Waals surface area (Å²) in [6, 6.07) is 0. The lowest BCUT2D eigenvalue weighted by Crippen LogP contribution is -2.31. The smallest absolute Gasteiger partial charge is 0.377 e. The molecule has 4 N–H and O–H groups in total. The Morgan fingerprint density at radius 1 is 1.50 bits per heavy atom. The number of carbonyl (C=O) groups is 1. The zero-order valence-corrected chi connectivity index (χ0v) is 5.97. The molecule has 0 amide bonds. The molecule has 0 saturated heterocycles. The van der Waals surface area contributed by atoms with Gasteiger partial charge < -0.3 is 25.2 Å². The van der Waals surface area contributed by atoms with Gasteiger partial charge in [0, 0.05) is 0 Å². The lowest BCUT2D eigenvalue weighted by Gasteiger charge is -2.13. The average Bonchev–Trinajstić information content (AvgIpc) is 2.32. The van der Waals surface area contributed by atoms with Crippen molar-refractivity contribution in [1.82, 2.24) is 0 Å². The van der Waals surface area contributed by atoms with E-state index < -0.39 is 36.3 Å². The first-order valence-corrected chi connectivity index (χ1v) is 3.20. The Morgan fingerprint density at radius 3 is 2.42 bits per heavy atom. The molecule has 0 radical (unpaired) electrons. The Morgan fingerprint density at radius 2 is 2.08 bits per heavy atom. The maximum atomic E-state index is 10.5. The summed E-state index contributed by atoms with van der Waals surface area (Å²) in [5.41, 5.74) is 0. The minimum atomic E-state index is -1.42. The van der Waals surface area contributed by atoms with Crippen LogP contribution >= 0.6 is 0 Å². The van der Waals surface area contributed by atoms with E-state index in [1.165, 1.54) is 0 Å². The summed E-state index contributed by atoms with van der Waals surface area (Å²) in [5.74, 6) is -2.78. The van der Waals surface area contributed by atoms with Crippen LogP contribution in [0, 0.1) is 0 Å². The SMILES string of the molecule is O=[13C]1O[C@H]([C@@H](O)CO)C(O)=C1O. The highest BCUT2D eigenvalue weighted by molar-refractivity contribution is 5.89. The van der Waals surface area contributed by atoms with Crippen LogP contribution in [0.4, 0.5) is 0 Å². The first kappa shape index (κ1) is 8.82. The summed E-state index contributed by atoms with van der Waals surface area (Å²) in [5, 5.41) is 35.0. The van der Waals surface area contributed by atoms with Gasteiger partial charge in [-0.25, -0.2) is 4.79 Å². The molecule has 1 heterocycles. The second kappa shape index (κ2) is 3.00. The van der Waals surface area contributed by atoms with Crippen molar-refractivity contribution >= 4 is 5.97 Å². The summed E-state index contributed by atoms with van der Waals surface area (Å²) in [6.45, 7) is -0.671. The Hall–Kier alpha value is -1.27. The van der Waals surface area contributed by atoms with Gasteiger partial charge in [0.25, 0.3) is 0 Å². The van der Waals surface area contributed by atoms with E-state index in [0.29, 0.717) is 0 Å². The topological polar surface area (TPSA) is 107 Å². The summed E-state index contributed by atoms with van der Waals surface area (Å²) in [4.78, 5) is 10.5. The molecule has 6 nitrogen and oxygen atoms in total. The van der Waals surface area contributed by atoms with Crippen LogP contribution < -0.4 is 0 Å². The minimum absolute atomic E-state index is 0.671. The van der Waals surface area contributed by atoms with Gasteiger partial charge in [-0.15, -0.1) is 0 Å². The van der Waals surface area contributed by atoms with Crippen LogP contribution in [0.15, 0.2) is 11.5 Å². The summed E-state index contributed by atoms with van der Waals surface area (Å²) in [6.07, 6.45) is -2.78. The molecule has 68 valence electrons. The number of cyclic esters (lactones) is 1. The van der Waals surface area contributed by atoms with Crippen molar-refractivity contribution in [3.63, 3.8) is 0 Å². The third-order valence-electron chi connectivity index (χ3n) is 1.48. The fourth-order valence-corrected chi connectivity index (χ4v) is 0.823. The van der Waals surface area contributed by atoms with E-state index in [2.05, 4.69) is 4.74 Å². The largest absolute Gasteiger partial charge is 0.505 e. The van der Waals surface area contributed by atoms with E-state index in [1.807, 2.05) is 0 Å². The van der Waals surface area contributed by atoms with Crippen LogP contribution in [0.1, 0.15) is 0 Å². The number of hydrogen-bond acceptors (Lipinski definition) is 6. The van der Waals surface area contributed by atoms with Crippen molar-refractivity contribution in [2.75, 3.05) is 6.61 Å². The van der Waals surface area contributed by atoms with Crippen molar-refractivity contribution < 1.29 is 30.0 Å². The molecule has 0 unspecified atom stereocenters. The van der Waals surface area contributed by atoms with Crippen molar-refractivity contribution in [3.8, 4) is 0 Å². The molecule has 12 heavy (non-hydrogen) atoms. The molecule has 0 aliphatic carbocycles. The minimum Gasteiger partial charge on any atom is -0.505 e. The summed E-state index contributed by atoms with van der Waals surface area (Å²) in [7, 11) is 0. The zero-order valence-electron chi connectivity index (χ0n) is 5.97. The molecule has 0 bridgehead atoms. The monoisotopic (exact) mass is 177 g/mol. The van der Waals surface area contributed by atoms with Crippen molar-refractivity contribution in [2.24, 2.45) is 0 Å². The molecular formula is C6H8O6. The molecule has 0 saturated carbocycles. The molecule has 0 aromatic heterocycles. The number of aliphatic hydroxyl groups excluding tert-OH is 4. The molecule has 0 spiro atoms. The van der Waals surface area contributed by atoms with Gasteiger partial charge in [-0.2, -0.15) is 0 Å². The fourth-order valence-electron chi connectivity index (χ4n) is 0.823. The number of hydrogen-bond donors (Lipinski definition) is 4. The van der Waals surface area contributed by atoms with Gasteiger partial charge in [0.15, 0.2) is 11.9 Å². The summed E-state index contributed by atoms with van der Waals surface area (Å²) >= 11 is 0. The molecule has 0 aromatic carbocycles. The quantitative estimate of drug-likeness (QED) is 0.305. The van der Waals surface area contributed by atoms with Gasteiger partial charge in [-0.1, -0.05) is 0 Å². The number of esters is 1. The number of ether oxygens (including phenoxy) is 1. The van der Waals surface area contributed by atoms with E-state index in [-0.39, 0.29) is 0 Å². The van der Waals surface area contributed by atoms with Crippen LogP contribution in [0.25, 0.3) is 0 Å². The Bertz CT molecular complexity index is 232. The van der Waals surface area contributed by atoms with Crippen LogP contribution in [-0.2, 0) is 9.53 Å². The fraction of sp³-hybridized carbons (Fsp3) is 0.500. The predicted octanol–water partition coefficient (Wildman–Crippen LogP) is -1.41. The van der Waals surface area contributed by atoms with Crippen LogP contribution in [0.2, 0.25) is 0 Å². The van der Waals surface area contributed by atoms with Crippen LogP contribution in [0.3, 0.4) is 0 Å². The highest BCUT2D eigenvalue weighted by atomic mass is 16.7. The first-order chi connectivity index (χ1) is 5.57. The van der Waals surface area contributed by atoms with Gasteiger partial charge in [0.05, 0.1) is 6.61 Å². The first-order valence-electron chi connectivity index (χ1n) is 3.20. The van der Waals surface area contributed by atoms with Crippen LogP contribution in [0.5, 0.6) is 0 Å². The zero-order chi connectivity index (χ0) is 9.30. The molecule has 2 atom stereocenters. The van der Waals surface area contributed by atoms with Gasteiger partial charge in [0.1, 0.15) is 6.10 Å². The molecular weight excluding hydrogens is 169 g/mol. The van der Waals surface area contributed by atoms with Gasteiger partial charge >= 0.3 is 5.97 Å². The maximum absolute atomic E-state index is 10.5. The number of rotatable bonds is 2. The highest BCUT2D eigenvalue weighted by Crippen LogP contribution is 2.20. The van der Waals surface area contributed by atoms with Gasteiger partial charge in [0.2, 0.25) is 5.76 Å². The predicted molar refractivity (Wildman–Crippen MR) is 35.3 cm³/mol. The second-order valence-corrected chi connectivity index (χ2v) is 2.31. The molecule has 0 aromatic rings. The van der Waals surface area contributed by atoms with E-state index in [0.717, 1.165) is 0 Å².